The van der Waals surface area contributed by atoms with Gasteiger partial charge in [-0.1, -0.05) is 115 Å². The molecule has 0 bridgehead atoms. The molecular formula is C52H32N2OS. The molecule has 262 valence electrons. The van der Waals surface area contributed by atoms with E-state index in [-0.39, 0.29) is 0 Å². The smallest absolute Gasteiger partial charge is 0.138 e. The number of benzene rings is 9. The molecule has 9 aromatic carbocycles. The molecule has 12 aromatic rings. The van der Waals surface area contributed by atoms with Crippen LogP contribution in [0.3, 0.4) is 0 Å². The molecule has 0 spiro atoms. The van der Waals surface area contributed by atoms with Crippen LogP contribution >= 0.6 is 11.3 Å². The summed E-state index contributed by atoms with van der Waals surface area (Å²) in [7, 11) is 0. The molecule has 0 aliphatic rings. The standard InChI is InChI=1S/C52H32N2OS/c1-2-15-34(16-3-1)53(37-29-30-49-43(31-37)39-18-8-11-24-48(39)56-49)35-25-27-36(28-26-35)54-44-22-9-6-19-41(44)50-45(54)32-47-51(42-20-7-10-23-46(42)55-47)52(50)40-21-12-14-33-13-4-5-17-38(33)40/h1-32H. The van der Waals surface area contributed by atoms with Crippen molar-refractivity contribution in [1.82, 2.24) is 4.57 Å². The lowest BCUT2D eigenvalue weighted by molar-refractivity contribution is 0.669. The molecule has 0 atom stereocenters. The van der Waals surface area contributed by atoms with Gasteiger partial charge >= 0.3 is 0 Å². The Hall–Kier alpha value is -7.14. The van der Waals surface area contributed by atoms with Gasteiger partial charge in [0.1, 0.15) is 11.2 Å². The first kappa shape index (κ1) is 31.2. The zero-order valence-electron chi connectivity index (χ0n) is 30.2. The molecule has 0 saturated carbocycles. The van der Waals surface area contributed by atoms with Gasteiger partial charge in [0.2, 0.25) is 0 Å². The Bertz CT molecular complexity index is 3480. The normalized spacial score (nSPS) is 11.9. The summed E-state index contributed by atoms with van der Waals surface area (Å²) in [6.07, 6.45) is 0. The number of para-hydroxylation sites is 3. The van der Waals surface area contributed by atoms with Crippen LogP contribution in [0.5, 0.6) is 0 Å². The van der Waals surface area contributed by atoms with E-state index in [0.29, 0.717) is 0 Å². The number of aromatic nitrogens is 1. The highest BCUT2D eigenvalue weighted by Gasteiger charge is 2.24. The van der Waals surface area contributed by atoms with Crippen molar-refractivity contribution in [3.8, 4) is 16.8 Å². The molecule has 0 radical (unpaired) electrons. The minimum absolute atomic E-state index is 0.883. The zero-order chi connectivity index (χ0) is 36.7. The van der Waals surface area contributed by atoms with E-state index >= 15 is 0 Å². The van der Waals surface area contributed by atoms with Crippen LogP contribution < -0.4 is 4.90 Å². The average molecular weight is 733 g/mol. The first-order valence-corrected chi connectivity index (χ1v) is 19.8. The van der Waals surface area contributed by atoms with E-state index in [1.54, 1.807) is 0 Å². The summed E-state index contributed by atoms with van der Waals surface area (Å²) < 4.78 is 11.7. The fourth-order valence-electron chi connectivity index (χ4n) is 8.95. The van der Waals surface area contributed by atoms with Crippen LogP contribution in [0.2, 0.25) is 0 Å². The van der Waals surface area contributed by atoms with Crippen molar-refractivity contribution in [1.29, 1.82) is 0 Å². The first-order valence-electron chi connectivity index (χ1n) is 19.0. The van der Waals surface area contributed by atoms with Gasteiger partial charge in [-0.15, -0.1) is 11.3 Å². The Kier molecular flexibility index (Phi) is 6.80. The summed E-state index contributed by atoms with van der Waals surface area (Å²) in [5.41, 5.74) is 10.9. The molecule has 0 N–H and O–H groups in total. The highest BCUT2D eigenvalue weighted by atomic mass is 32.1. The van der Waals surface area contributed by atoms with Crippen molar-refractivity contribution in [2.24, 2.45) is 0 Å². The fraction of sp³-hybridized carbons (Fsp3) is 0. The van der Waals surface area contributed by atoms with E-state index in [0.717, 1.165) is 55.7 Å². The molecule has 0 fully saturated rings. The molecule has 0 unspecified atom stereocenters. The Morgan fingerprint density at radius 3 is 1.95 bits per heavy atom. The molecule has 3 aromatic heterocycles. The van der Waals surface area contributed by atoms with Crippen molar-refractivity contribution in [3.05, 3.63) is 194 Å². The number of rotatable bonds is 5. The molecule has 0 amide bonds. The van der Waals surface area contributed by atoms with Crippen molar-refractivity contribution in [2.75, 3.05) is 4.90 Å². The summed E-state index contributed by atoms with van der Waals surface area (Å²) in [6.45, 7) is 0. The molecule has 56 heavy (non-hydrogen) atoms. The largest absolute Gasteiger partial charge is 0.456 e. The van der Waals surface area contributed by atoms with Crippen LogP contribution in [-0.2, 0) is 0 Å². The summed E-state index contributed by atoms with van der Waals surface area (Å²) in [5, 5.41) is 9.74. The lowest BCUT2D eigenvalue weighted by atomic mass is 9.91. The first-order chi connectivity index (χ1) is 27.8. The van der Waals surface area contributed by atoms with Gasteiger partial charge in [0.25, 0.3) is 0 Å². The predicted molar refractivity (Wildman–Crippen MR) is 239 cm³/mol. The molecule has 4 heteroatoms. The Labute approximate surface area is 326 Å². The van der Waals surface area contributed by atoms with Crippen LogP contribution in [0, 0.1) is 0 Å². The van der Waals surface area contributed by atoms with Gasteiger partial charge < -0.3 is 13.9 Å². The van der Waals surface area contributed by atoms with E-state index < -0.39 is 0 Å². The minimum atomic E-state index is 0.883. The highest BCUT2D eigenvalue weighted by Crippen LogP contribution is 2.48. The lowest BCUT2D eigenvalue weighted by Crippen LogP contribution is -2.09. The van der Waals surface area contributed by atoms with Crippen molar-refractivity contribution >= 4 is 103 Å². The molecule has 0 saturated heterocycles. The van der Waals surface area contributed by atoms with Gasteiger partial charge in [-0.05, 0) is 89.1 Å². The van der Waals surface area contributed by atoms with Crippen LogP contribution in [0.25, 0.3) is 91.5 Å². The van der Waals surface area contributed by atoms with E-state index in [1.807, 2.05) is 11.3 Å². The number of hydrogen-bond acceptors (Lipinski definition) is 3. The molecule has 0 aliphatic heterocycles. The second-order valence-electron chi connectivity index (χ2n) is 14.5. The van der Waals surface area contributed by atoms with Gasteiger partial charge in [-0.25, -0.2) is 0 Å². The maximum Gasteiger partial charge on any atom is 0.138 e. The third kappa shape index (κ3) is 4.63. The van der Waals surface area contributed by atoms with Gasteiger partial charge in [0, 0.05) is 76.1 Å². The van der Waals surface area contributed by atoms with E-state index in [2.05, 4.69) is 204 Å². The van der Waals surface area contributed by atoms with Gasteiger partial charge in [0.15, 0.2) is 0 Å². The maximum absolute atomic E-state index is 6.70. The lowest BCUT2D eigenvalue weighted by Gasteiger charge is -2.26. The highest BCUT2D eigenvalue weighted by molar-refractivity contribution is 7.25. The van der Waals surface area contributed by atoms with Crippen molar-refractivity contribution < 1.29 is 4.42 Å². The molecule has 3 nitrogen and oxygen atoms in total. The summed E-state index contributed by atoms with van der Waals surface area (Å²) in [4.78, 5) is 2.36. The molecule has 12 rings (SSSR count). The van der Waals surface area contributed by atoms with Gasteiger partial charge in [-0.3, -0.25) is 0 Å². The number of thiophene rings is 1. The third-order valence-electron chi connectivity index (χ3n) is 11.4. The van der Waals surface area contributed by atoms with Crippen LogP contribution in [0.1, 0.15) is 0 Å². The van der Waals surface area contributed by atoms with Crippen LogP contribution in [-0.4, -0.2) is 4.57 Å². The second kappa shape index (κ2) is 12.2. The molecule has 3 heterocycles. The minimum Gasteiger partial charge on any atom is -0.456 e. The third-order valence-corrected chi connectivity index (χ3v) is 12.5. The van der Waals surface area contributed by atoms with E-state index in [1.165, 1.54) is 52.8 Å². The van der Waals surface area contributed by atoms with E-state index in [4.69, 9.17) is 4.42 Å². The Morgan fingerprint density at radius 1 is 0.411 bits per heavy atom. The zero-order valence-corrected chi connectivity index (χ0v) is 31.0. The fourth-order valence-corrected chi connectivity index (χ4v) is 10.0. The van der Waals surface area contributed by atoms with Gasteiger partial charge in [-0.2, -0.15) is 0 Å². The number of hydrogen-bond donors (Lipinski definition) is 0. The predicted octanol–water partition coefficient (Wildman–Crippen LogP) is 15.3. The summed E-state index contributed by atoms with van der Waals surface area (Å²) in [6, 6.07) is 70.1. The average Bonchev–Trinajstić information content (AvgIpc) is 3.93. The monoisotopic (exact) mass is 732 g/mol. The quantitative estimate of drug-likeness (QED) is 0.176. The Balaban J connectivity index is 1.10. The number of anilines is 3. The summed E-state index contributed by atoms with van der Waals surface area (Å²) >= 11 is 1.85. The maximum atomic E-state index is 6.70. The SMILES string of the molecule is c1ccc(N(c2ccc(-n3c4ccccc4c4c(-c5cccc6ccccc56)c5c(cc43)oc3ccccc35)cc2)c2ccc3sc4ccccc4c3c2)cc1. The number of furan rings is 1. The van der Waals surface area contributed by atoms with Crippen molar-refractivity contribution in [2.45, 2.75) is 0 Å². The van der Waals surface area contributed by atoms with Crippen LogP contribution in [0.4, 0.5) is 17.1 Å². The molecular weight excluding hydrogens is 701 g/mol. The van der Waals surface area contributed by atoms with E-state index in [9.17, 15) is 0 Å². The number of nitrogens with zero attached hydrogens (tertiary/aromatic N) is 2. The molecule has 0 aliphatic carbocycles. The van der Waals surface area contributed by atoms with Gasteiger partial charge in [0.05, 0.1) is 11.0 Å². The Morgan fingerprint density at radius 2 is 1.07 bits per heavy atom. The second-order valence-corrected chi connectivity index (χ2v) is 15.5. The van der Waals surface area contributed by atoms with Crippen molar-refractivity contribution in [3.63, 3.8) is 0 Å². The number of fused-ring (bicyclic) bond motifs is 10. The summed E-state index contributed by atoms with van der Waals surface area (Å²) in [5.74, 6) is 0. The van der Waals surface area contributed by atoms with Crippen LogP contribution in [0.15, 0.2) is 199 Å². The topological polar surface area (TPSA) is 21.3 Å².